The van der Waals surface area contributed by atoms with Crippen LogP contribution in [0.4, 0.5) is 0 Å². The minimum absolute atomic E-state index is 0.465. The second kappa shape index (κ2) is 4.84. The molecule has 6 heteroatoms. The predicted octanol–water partition coefficient (Wildman–Crippen LogP) is 1.70. The summed E-state index contributed by atoms with van der Waals surface area (Å²) in [5, 5.41) is 3.81. The molecule has 0 N–H and O–H groups in total. The average molecular weight is 225 g/mol. The molecule has 2 aromatic heterocycles. The van der Waals surface area contributed by atoms with Crippen molar-refractivity contribution < 1.29 is 4.52 Å². The van der Waals surface area contributed by atoms with Crippen molar-refractivity contribution in [3.8, 4) is 11.5 Å². The predicted molar refractivity (Wildman–Crippen MR) is 54.4 cm³/mol. The molecule has 0 aliphatic carbocycles. The van der Waals surface area contributed by atoms with Gasteiger partial charge in [0.25, 0.3) is 0 Å². The summed E-state index contributed by atoms with van der Waals surface area (Å²) < 4.78 is 5.03. The lowest BCUT2D eigenvalue weighted by Gasteiger charge is -1.89. The Morgan fingerprint density at radius 1 is 1.33 bits per heavy atom. The van der Waals surface area contributed by atoms with Crippen LogP contribution < -0.4 is 0 Å². The molecule has 0 radical (unpaired) electrons. The van der Waals surface area contributed by atoms with Gasteiger partial charge in [0.2, 0.25) is 11.7 Å². The van der Waals surface area contributed by atoms with E-state index >= 15 is 0 Å². The second-order valence-electron chi connectivity index (χ2n) is 2.89. The molecule has 2 aromatic rings. The lowest BCUT2D eigenvalue weighted by atomic mass is 10.3. The third-order valence-corrected chi connectivity index (χ3v) is 2.05. The first-order valence-electron chi connectivity index (χ1n) is 4.55. The maximum absolute atomic E-state index is 5.56. The Bertz CT molecular complexity index is 417. The fourth-order valence-corrected chi connectivity index (χ4v) is 1.23. The van der Waals surface area contributed by atoms with Crippen LogP contribution in [0.3, 0.4) is 0 Å². The average Bonchev–Trinajstić information content (AvgIpc) is 2.76. The van der Waals surface area contributed by atoms with Crippen LogP contribution in [0.1, 0.15) is 12.3 Å². The van der Waals surface area contributed by atoms with Gasteiger partial charge in [-0.05, 0) is 6.42 Å². The number of alkyl halides is 1. The van der Waals surface area contributed by atoms with Crippen LogP contribution in [0.2, 0.25) is 0 Å². The van der Waals surface area contributed by atoms with Gasteiger partial charge in [0.15, 0.2) is 0 Å². The molecule has 2 rings (SSSR count). The van der Waals surface area contributed by atoms with Crippen LogP contribution in [-0.4, -0.2) is 26.0 Å². The molecule has 0 bridgehead atoms. The first-order valence-corrected chi connectivity index (χ1v) is 5.08. The van der Waals surface area contributed by atoms with E-state index in [9.17, 15) is 0 Å². The van der Waals surface area contributed by atoms with Crippen LogP contribution in [0.5, 0.6) is 0 Å². The van der Waals surface area contributed by atoms with Crippen molar-refractivity contribution in [2.24, 2.45) is 0 Å². The third-order valence-electron chi connectivity index (χ3n) is 1.78. The first kappa shape index (κ1) is 10.0. The number of hydrogen-bond acceptors (Lipinski definition) is 5. The Balaban J connectivity index is 2.14. The summed E-state index contributed by atoms with van der Waals surface area (Å²) in [5.74, 6) is 1.63. The van der Waals surface area contributed by atoms with Crippen LogP contribution >= 0.6 is 11.6 Å². The van der Waals surface area contributed by atoms with Crippen molar-refractivity contribution in [3.63, 3.8) is 0 Å². The van der Waals surface area contributed by atoms with Crippen LogP contribution in [0.25, 0.3) is 11.5 Å². The van der Waals surface area contributed by atoms with Crippen molar-refractivity contribution in [1.29, 1.82) is 0 Å². The van der Waals surface area contributed by atoms with E-state index in [1.807, 2.05) is 0 Å². The molecule has 78 valence electrons. The third kappa shape index (κ3) is 2.50. The topological polar surface area (TPSA) is 64.7 Å². The Morgan fingerprint density at radius 2 is 2.27 bits per heavy atom. The summed E-state index contributed by atoms with van der Waals surface area (Å²) >= 11 is 5.56. The quantitative estimate of drug-likeness (QED) is 0.740. The van der Waals surface area contributed by atoms with Crippen molar-refractivity contribution in [2.45, 2.75) is 12.8 Å². The number of aryl methyl sites for hydroxylation is 1. The highest BCUT2D eigenvalue weighted by molar-refractivity contribution is 6.17. The number of aromatic nitrogens is 4. The van der Waals surface area contributed by atoms with Gasteiger partial charge in [0.05, 0.1) is 6.20 Å². The van der Waals surface area contributed by atoms with E-state index in [0.29, 0.717) is 29.7 Å². The Hall–Kier alpha value is -1.49. The first-order chi connectivity index (χ1) is 7.40. The van der Waals surface area contributed by atoms with E-state index in [4.69, 9.17) is 16.1 Å². The lowest BCUT2D eigenvalue weighted by molar-refractivity contribution is 0.378. The molecule has 0 atom stereocenters. The minimum Gasteiger partial charge on any atom is -0.339 e. The maximum atomic E-state index is 5.56. The number of nitrogens with zero attached hydrogens (tertiary/aromatic N) is 4. The molecule has 0 unspecified atom stereocenters. The normalized spacial score (nSPS) is 10.5. The number of rotatable bonds is 4. The summed E-state index contributed by atoms with van der Waals surface area (Å²) in [6, 6.07) is 0. The van der Waals surface area contributed by atoms with Gasteiger partial charge in [-0.15, -0.1) is 11.6 Å². The van der Waals surface area contributed by atoms with Gasteiger partial charge in [-0.1, -0.05) is 5.16 Å². The molecule has 0 aliphatic heterocycles. The monoisotopic (exact) mass is 224 g/mol. The summed E-state index contributed by atoms with van der Waals surface area (Å²) in [6.07, 6.45) is 6.29. The van der Waals surface area contributed by atoms with E-state index < -0.39 is 0 Å². The standard InChI is InChI=1S/C9H9ClN4O/c10-3-1-2-8-13-9(14-15-8)7-6-11-4-5-12-7/h4-6H,1-3H2. The minimum atomic E-state index is 0.465. The Morgan fingerprint density at radius 3 is 3.00 bits per heavy atom. The summed E-state index contributed by atoms with van der Waals surface area (Å²) in [7, 11) is 0. The number of hydrogen-bond donors (Lipinski definition) is 0. The molecule has 0 spiro atoms. The zero-order valence-corrected chi connectivity index (χ0v) is 8.68. The van der Waals surface area contributed by atoms with E-state index in [1.165, 1.54) is 0 Å². The van der Waals surface area contributed by atoms with Gasteiger partial charge in [-0.3, -0.25) is 4.98 Å². The molecule has 2 heterocycles. The van der Waals surface area contributed by atoms with Crippen LogP contribution in [0, 0.1) is 0 Å². The smallest absolute Gasteiger partial charge is 0.227 e. The molecule has 0 aromatic carbocycles. The molecule has 0 saturated heterocycles. The van der Waals surface area contributed by atoms with Crippen molar-refractivity contribution >= 4 is 11.6 Å². The highest BCUT2D eigenvalue weighted by Crippen LogP contribution is 2.11. The van der Waals surface area contributed by atoms with Gasteiger partial charge >= 0.3 is 0 Å². The fraction of sp³-hybridized carbons (Fsp3) is 0.333. The lowest BCUT2D eigenvalue weighted by Crippen LogP contribution is -1.88. The van der Waals surface area contributed by atoms with Crippen LogP contribution in [0.15, 0.2) is 23.1 Å². The molecule has 5 nitrogen and oxygen atoms in total. The van der Waals surface area contributed by atoms with Gasteiger partial charge in [-0.2, -0.15) is 4.98 Å². The molecule has 0 amide bonds. The maximum Gasteiger partial charge on any atom is 0.227 e. The van der Waals surface area contributed by atoms with E-state index in [0.717, 1.165) is 6.42 Å². The Labute approximate surface area is 91.5 Å². The zero-order valence-electron chi connectivity index (χ0n) is 7.93. The van der Waals surface area contributed by atoms with Crippen molar-refractivity contribution in [2.75, 3.05) is 5.88 Å². The largest absolute Gasteiger partial charge is 0.339 e. The van der Waals surface area contributed by atoms with Gasteiger partial charge in [0.1, 0.15) is 5.69 Å². The van der Waals surface area contributed by atoms with Crippen molar-refractivity contribution in [1.82, 2.24) is 20.1 Å². The summed E-state index contributed by atoms with van der Waals surface area (Å²) in [5.41, 5.74) is 0.610. The molecule has 0 saturated carbocycles. The Kier molecular flexibility index (Phi) is 3.24. The fourth-order valence-electron chi connectivity index (χ4n) is 1.09. The van der Waals surface area contributed by atoms with Gasteiger partial charge in [0, 0.05) is 24.7 Å². The van der Waals surface area contributed by atoms with E-state index in [2.05, 4.69) is 20.1 Å². The van der Waals surface area contributed by atoms with Crippen molar-refractivity contribution in [3.05, 3.63) is 24.5 Å². The van der Waals surface area contributed by atoms with Gasteiger partial charge < -0.3 is 4.52 Å². The number of halogens is 1. The van der Waals surface area contributed by atoms with Crippen LogP contribution in [-0.2, 0) is 6.42 Å². The van der Waals surface area contributed by atoms with E-state index in [1.54, 1.807) is 18.6 Å². The SMILES string of the molecule is ClCCCc1nc(-c2cnccn2)no1. The molecule has 0 aliphatic rings. The molecular weight excluding hydrogens is 216 g/mol. The molecule has 0 fully saturated rings. The van der Waals surface area contributed by atoms with E-state index in [-0.39, 0.29) is 0 Å². The summed E-state index contributed by atoms with van der Waals surface area (Å²) in [6.45, 7) is 0. The highest BCUT2D eigenvalue weighted by atomic mass is 35.5. The highest BCUT2D eigenvalue weighted by Gasteiger charge is 2.08. The summed E-state index contributed by atoms with van der Waals surface area (Å²) in [4.78, 5) is 12.2. The van der Waals surface area contributed by atoms with Gasteiger partial charge in [-0.25, -0.2) is 4.98 Å². The second-order valence-corrected chi connectivity index (χ2v) is 3.27. The zero-order chi connectivity index (χ0) is 10.5. The molecule has 15 heavy (non-hydrogen) atoms. The molecular formula is C9H9ClN4O.